The lowest BCUT2D eigenvalue weighted by atomic mass is 10.0. The van der Waals surface area contributed by atoms with E-state index in [1.54, 1.807) is 12.3 Å². The molecule has 8 heteroatoms. The number of pyridine rings is 1. The molecule has 0 spiro atoms. The predicted molar refractivity (Wildman–Crippen MR) is 94.6 cm³/mol. The van der Waals surface area contributed by atoms with Crippen molar-refractivity contribution in [1.29, 1.82) is 0 Å². The number of likely N-dealkylation sites (tertiary alicyclic amines) is 1. The van der Waals surface area contributed by atoms with E-state index in [1.807, 2.05) is 4.90 Å². The molecule has 1 aromatic rings. The molecule has 2 saturated heterocycles. The van der Waals surface area contributed by atoms with Gasteiger partial charge in [-0.3, -0.25) is 9.69 Å². The number of piperazine rings is 1. The number of piperidine rings is 1. The maximum atomic E-state index is 12.5. The summed E-state index contributed by atoms with van der Waals surface area (Å²) >= 11 is 0. The van der Waals surface area contributed by atoms with Gasteiger partial charge in [0.2, 0.25) is 5.91 Å². The third-order valence-corrected chi connectivity index (χ3v) is 5.14. The van der Waals surface area contributed by atoms with Crippen LogP contribution in [0.4, 0.5) is 11.5 Å². The Morgan fingerprint density at radius 1 is 1.24 bits per heavy atom. The molecule has 2 fully saturated rings. The van der Waals surface area contributed by atoms with Crippen LogP contribution < -0.4 is 4.90 Å². The molecule has 0 N–H and O–H groups in total. The van der Waals surface area contributed by atoms with Gasteiger partial charge in [-0.15, -0.1) is 0 Å². The number of carbonyl (C=O) groups excluding carboxylic acids is 1. The third-order valence-electron chi connectivity index (χ3n) is 5.14. The van der Waals surface area contributed by atoms with Gasteiger partial charge in [0.1, 0.15) is 0 Å². The van der Waals surface area contributed by atoms with Crippen LogP contribution in [0.25, 0.3) is 0 Å². The van der Waals surface area contributed by atoms with Crippen LogP contribution in [0.1, 0.15) is 26.2 Å². The number of rotatable bonds is 4. The first-order valence-electron chi connectivity index (χ1n) is 8.92. The fraction of sp³-hybridized carbons (Fsp3) is 0.647. The summed E-state index contributed by atoms with van der Waals surface area (Å²) in [5.74, 6) is 0.0984. The molecule has 3 rings (SSSR count). The lowest BCUT2D eigenvalue weighted by molar-refractivity contribution is -0.389. The Labute approximate surface area is 147 Å². The van der Waals surface area contributed by atoms with Gasteiger partial charge < -0.3 is 19.9 Å². The van der Waals surface area contributed by atoms with Crippen molar-refractivity contribution < 1.29 is 9.72 Å². The quantitative estimate of drug-likeness (QED) is 0.606. The minimum absolute atomic E-state index is 0.136. The highest BCUT2D eigenvalue weighted by Crippen LogP contribution is 2.19. The Morgan fingerprint density at radius 2 is 2.00 bits per heavy atom. The Morgan fingerprint density at radius 3 is 2.60 bits per heavy atom. The number of hydrogen-bond donors (Lipinski definition) is 0. The molecule has 1 atom stereocenters. The minimum Gasteiger partial charge on any atom is -0.366 e. The third kappa shape index (κ3) is 4.25. The van der Waals surface area contributed by atoms with Crippen LogP contribution in [0.3, 0.4) is 0 Å². The molecule has 0 aliphatic carbocycles. The van der Waals surface area contributed by atoms with E-state index in [0.717, 1.165) is 51.3 Å². The van der Waals surface area contributed by atoms with Crippen LogP contribution in [-0.4, -0.2) is 70.9 Å². The standard InChI is InChI=1S/C17H25N5O3/c1-14-4-2-3-7-21(14)17(23)13-19-8-10-20(11-9-19)15-5-6-16(18-12-15)22(24)25/h5-6,12,14H,2-4,7-11,13H2,1H3/t14-/m0/s1. The molecule has 2 aliphatic heterocycles. The SMILES string of the molecule is C[C@H]1CCCCN1C(=O)CN1CCN(c2ccc([N+](=O)[O-])nc2)CC1. The molecule has 0 aromatic carbocycles. The smallest absolute Gasteiger partial charge is 0.363 e. The maximum absolute atomic E-state index is 12.5. The maximum Gasteiger partial charge on any atom is 0.363 e. The zero-order valence-electron chi connectivity index (χ0n) is 14.6. The number of anilines is 1. The van der Waals surface area contributed by atoms with Crippen molar-refractivity contribution in [2.75, 3.05) is 44.2 Å². The molecule has 0 radical (unpaired) electrons. The van der Waals surface area contributed by atoms with Crippen LogP contribution in [0.15, 0.2) is 18.3 Å². The van der Waals surface area contributed by atoms with Gasteiger partial charge in [-0.25, -0.2) is 0 Å². The molecule has 0 bridgehead atoms. The molecular formula is C17H25N5O3. The summed E-state index contributed by atoms with van der Waals surface area (Å²) < 4.78 is 0. The molecule has 2 aliphatic rings. The number of hydrogen-bond acceptors (Lipinski definition) is 6. The summed E-state index contributed by atoms with van der Waals surface area (Å²) in [5.41, 5.74) is 0.890. The first-order valence-corrected chi connectivity index (χ1v) is 8.92. The molecule has 0 unspecified atom stereocenters. The minimum atomic E-state index is -0.491. The van der Waals surface area contributed by atoms with Crippen LogP contribution in [-0.2, 0) is 4.79 Å². The second kappa shape index (κ2) is 7.77. The molecule has 1 amide bonds. The van der Waals surface area contributed by atoms with E-state index in [9.17, 15) is 14.9 Å². The Hall–Kier alpha value is -2.22. The van der Waals surface area contributed by atoms with Gasteiger partial charge in [0.15, 0.2) is 6.20 Å². The number of aromatic nitrogens is 1. The molecule has 3 heterocycles. The van der Waals surface area contributed by atoms with E-state index in [-0.39, 0.29) is 11.7 Å². The van der Waals surface area contributed by atoms with E-state index in [0.29, 0.717) is 12.6 Å². The van der Waals surface area contributed by atoms with E-state index in [4.69, 9.17) is 0 Å². The summed E-state index contributed by atoms with van der Waals surface area (Å²) in [4.78, 5) is 33.0. The molecule has 0 saturated carbocycles. The van der Waals surface area contributed by atoms with Crippen molar-refractivity contribution >= 4 is 17.4 Å². The summed E-state index contributed by atoms with van der Waals surface area (Å²) in [6.45, 7) is 6.71. The fourth-order valence-corrected chi connectivity index (χ4v) is 3.59. The second-order valence-corrected chi connectivity index (χ2v) is 6.83. The van der Waals surface area contributed by atoms with Gasteiger partial charge in [-0.05, 0) is 42.2 Å². The van der Waals surface area contributed by atoms with Crippen molar-refractivity contribution in [3.8, 4) is 0 Å². The zero-order chi connectivity index (χ0) is 17.8. The molecule has 136 valence electrons. The second-order valence-electron chi connectivity index (χ2n) is 6.83. The highest BCUT2D eigenvalue weighted by Gasteiger charge is 2.26. The normalized spacial score (nSPS) is 22.0. The Balaban J connectivity index is 1.49. The highest BCUT2D eigenvalue weighted by molar-refractivity contribution is 5.78. The van der Waals surface area contributed by atoms with Crippen molar-refractivity contribution in [3.05, 3.63) is 28.4 Å². The number of carbonyl (C=O) groups is 1. The summed E-state index contributed by atoms with van der Waals surface area (Å²) in [6.07, 6.45) is 4.98. The van der Waals surface area contributed by atoms with E-state index in [2.05, 4.69) is 21.7 Å². The first-order chi connectivity index (χ1) is 12.0. The average molecular weight is 347 g/mol. The topological polar surface area (TPSA) is 82.8 Å². The van der Waals surface area contributed by atoms with Crippen LogP contribution in [0.5, 0.6) is 0 Å². The van der Waals surface area contributed by atoms with Gasteiger partial charge in [-0.1, -0.05) is 0 Å². The summed E-state index contributed by atoms with van der Waals surface area (Å²) in [5, 5.41) is 10.7. The van der Waals surface area contributed by atoms with Crippen LogP contribution in [0, 0.1) is 10.1 Å². The zero-order valence-corrected chi connectivity index (χ0v) is 14.6. The van der Waals surface area contributed by atoms with E-state index in [1.165, 1.54) is 12.5 Å². The van der Waals surface area contributed by atoms with Crippen molar-refractivity contribution in [2.45, 2.75) is 32.2 Å². The number of nitro groups is 1. The van der Waals surface area contributed by atoms with Crippen molar-refractivity contribution in [2.24, 2.45) is 0 Å². The fourth-order valence-electron chi connectivity index (χ4n) is 3.59. The molecule has 8 nitrogen and oxygen atoms in total. The monoisotopic (exact) mass is 347 g/mol. The van der Waals surface area contributed by atoms with E-state index >= 15 is 0 Å². The van der Waals surface area contributed by atoms with Crippen molar-refractivity contribution in [1.82, 2.24) is 14.8 Å². The van der Waals surface area contributed by atoms with Gasteiger partial charge in [0, 0.05) is 44.8 Å². The summed E-state index contributed by atoms with van der Waals surface area (Å²) in [6, 6.07) is 3.53. The average Bonchev–Trinajstić information content (AvgIpc) is 2.63. The summed E-state index contributed by atoms with van der Waals surface area (Å²) in [7, 11) is 0. The number of nitrogens with zero attached hydrogens (tertiary/aromatic N) is 5. The first kappa shape index (κ1) is 17.6. The van der Waals surface area contributed by atoms with E-state index < -0.39 is 4.92 Å². The number of amides is 1. The van der Waals surface area contributed by atoms with Crippen LogP contribution in [0.2, 0.25) is 0 Å². The molecule has 1 aromatic heterocycles. The largest absolute Gasteiger partial charge is 0.366 e. The Bertz CT molecular complexity index is 613. The highest BCUT2D eigenvalue weighted by atomic mass is 16.6. The lowest BCUT2D eigenvalue weighted by Gasteiger charge is -2.38. The molecular weight excluding hydrogens is 322 g/mol. The predicted octanol–water partition coefficient (Wildman–Crippen LogP) is 1.51. The lowest BCUT2D eigenvalue weighted by Crippen LogP contribution is -2.52. The van der Waals surface area contributed by atoms with Gasteiger partial charge in [-0.2, -0.15) is 0 Å². The van der Waals surface area contributed by atoms with Crippen molar-refractivity contribution in [3.63, 3.8) is 0 Å². The Kier molecular flexibility index (Phi) is 5.47. The molecule has 25 heavy (non-hydrogen) atoms. The van der Waals surface area contributed by atoms with Gasteiger partial charge >= 0.3 is 5.82 Å². The van der Waals surface area contributed by atoms with Gasteiger partial charge in [0.05, 0.1) is 12.2 Å². The van der Waals surface area contributed by atoms with Gasteiger partial charge in [0.25, 0.3) is 0 Å². The van der Waals surface area contributed by atoms with Crippen LogP contribution >= 0.6 is 0 Å².